The van der Waals surface area contributed by atoms with Gasteiger partial charge in [-0.15, -0.1) is 0 Å². The standard InChI is InChI=1S/C42H52N8O7/c1-23-5-9-29(24(2)17-23)40(53)45-22-37(51)50(4)38-28-8-12-36(57-16-14-44)32(20-28)31-18-26(6-11-35(31)56-15-13-43)19-33(47-39(52)25(3)46-42(38)55)34-21-27-7-10-30(27)41(54)49-48-34/h5-6,8-9,11-12,17-18,20,25,27,30,33,38H,7,10,13-16,19,21-22,43-44H2,1-4H3,(H,45,53)(H,46,55)(H,47,52)(H,49,54)/t25-,27?,30?,33?,38?/m0/s1. The molecule has 2 heterocycles. The number of nitrogens with one attached hydrogen (secondary N) is 4. The van der Waals surface area contributed by atoms with E-state index in [-0.39, 0.29) is 44.0 Å². The zero-order chi connectivity index (χ0) is 40.8. The van der Waals surface area contributed by atoms with Crippen LogP contribution >= 0.6 is 0 Å². The van der Waals surface area contributed by atoms with Gasteiger partial charge in [-0.3, -0.25) is 24.0 Å². The number of likely N-dealkylation sites (N-methyl/N-ethyl adjacent to an activating group) is 1. The molecule has 57 heavy (non-hydrogen) atoms. The topological polar surface area (TPSA) is 220 Å². The Labute approximate surface area is 332 Å². The van der Waals surface area contributed by atoms with Crippen LogP contribution in [-0.4, -0.2) is 92.1 Å². The van der Waals surface area contributed by atoms with Crippen molar-refractivity contribution in [3.05, 3.63) is 82.4 Å². The van der Waals surface area contributed by atoms with E-state index in [1.54, 1.807) is 31.2 Å². The van der Waals surface area contributed by atoms with Crippen molar-refractivity contribution in [1.29, 1.82) is 0 Å². The summed E-state index contributed by atoms with van der Waals surface area (Å²) in [5.41, 5.74) is 19.6. The molecule has 2 aliphatic heterocycles. The van der Waals surface area contributed by atoms with Crippen LogP contribution in [0.3, 0.4) is 0 Å². The minimum Gasteiger partial charge on any atom is -0.492 e. The molecule has 3 aromatic carbocycles. The third kappa shape index (κ3) is 9.26. The van der Waals surface area contributed by atoms with Gasteiger partial charge in [-0.1, -0.05) is 29.8 Å². The molecule has 0 aromatic heterocycles. The number of carbonyl (C=O) groups excluding carboxylic acids is 5. The van der Waals surface area contributed by atoms with Crippen LogP contribution in [0, 0.1) is 25.7 Å². The second-order valence-electron chi connectivity index (χ2n) is 15.0. The second-order valence-corrected chi connectivity index (χ2v) is 15.0. The van der Waals surface area contributed by atoms with Crippen LogP contribution in [0.5, 0.6) is 11.5 Å². The maximum atomic E-state index is 14.4. The molecule has 6 rings (SSSR count). The number of hydrogen-bond acceptors (Lipinski definition) is 10. The van der Waals surface area contributed by atoms with Gasteiger partial charge in [-0.2, -0.15) is 5.10 Å². The lowest BCUT2D eigenvalue weighted by molar-refractivity contribution is -0.139. The Kier molecular flexibility index (Phi) is 12.9. The Bertz CT molecular complexity index is 2070. The van der Waals surface area contributed by atoms with E-state index >= 15 is 0 Å². The molecular weight excluding hydrogens is 729 g/mol. The first-order valence-corrected chi connectivity index (χ1v) is 19.4. The number of hydrazone groups is 1. The number of carbonyl (C=O) groups is 5. The van der Waals surface area contributed by atoms with Crippen molar-refractivity contribution in [2.45, 2.75) is 64.6 Å². The van der Waals surface area contributed by atoms with Gasteiger partial charge in [-0.25, -0.2) is 5.43 Å². The average molecular weight is 781 g/mol. The lowest BCUT2D eigenvalue weighted by Gasteiger charge is -2.34. The van der Waals surface area contributed by atoms with Crippen LogP contribution in [-0.2, 0) is 25.6 Å². The van der Waals surface area contributed by atoms with Gasteiger partial charge in [0.15, 0.2) is 0 Å². The van der Waals surface area contributed by atoms with Gasteiger partial charge in [0.1, 0.15) is 36.8 Å². The van der Waals surface area contributed by atoms with Crippen molar-refractivity contribution in [3.8, 4) is 22.6 Å². The molecule has 1 aliphatic carbocycles. The molecule has 3 aliphatic rings. The molecule has 4 unspecified atom stereocenters. The van der Waals surface area contributed by atoms with E-state index in [1.807, 2.05) is 44.2 Å². The Morgan fingerprint density at radius 2 is 1.56 bits per heavy atom. The van der Waals surface area contributed by atoms with E-state index in [0.717, 1.165) is 29.5 Å². The Balaban J connectivity index is 1.41. The second kappa shape index (κ2) is 18.0. The maximum Gasteiger partial charge on any atom is 0.251 e. The Hall–Kier alpha value is -5.80. The molecule has 5 amide bonds. The highest BCUT2D eigenvalue weighted by atomic mass is 16.5. The van der Waals surface area contributed by atoms with Gasteiger partial charge in [-0.05, 0) is 99.4 Å². The van der Waals surface area contributed by atoms with Gasteiger partial charge in [0.05, 0.1) is 18.3 Å². The fraction of sp³-hybridized carbons (Fsp3) is 0.429. The van der Waals surface area contributed by atoms with Crippen LogP contribution in [0.2, 0.25) is 0 Å². The summed E-state index contributed by atoms with van der Waals surface area (Å²) in [6.45, 7) is 5.84. The number of fused-ring (bicyclic) bond motifs is 6. The molecule has 15 nitrogen and oxygen atoms in total. The zero-order valence-electron chi connectivity index (χ0n) is 32.9. The van der Waals surface area contributed by atoms with Crippen molar-refractivity contribution in [2.24, 2.45) is 28.4 Å². The Morgan fingerprint density at radius 3 is 2.23 bits per heavy atom. The third-order valence-electron chi connectivity index (χ3n) is 10.9. The van der Waals surface area contributed by atoms with E-state index in [4.69, 9.17) is 20.9 Å². The van der Waals surface area contributed by atoms with Crippen molar-refractivity contribution < 1.29 is 33.4 Å². The number of rotatable bonds is 11. The van der Waals surface area contributed by atoms with Crippen molar-refractivity contribution in [2.75, 3.05) is 39.9 Å². The molecule has 8 N–H and O–H groups in total. The highest BCUT2D eigenvalue weighted by Crippen LogP contribution is 2.41. The van der Waals surface area contributed by atoms with Crippen molar-refractivity contribution in [3.63, 3.8) is 0 Å². The highest BCUT2D eigenvalue weighted by Gasteiger charge is 2.41. The van der Waals surface area contributed by atoms with Gasteiger partial charge in [0.2, 0.25) is 23.6 Å². The van der Waals surface area contributed by atoms with Crippen LogP contribution in [0.4, 0.5) is 0 Å². The molecule has 0 radical (unpaired) electrons. The predicted octanol–water partition coefficient (Wildman–Crippen LogP) is 2.02. The van der Waals surface area contributed by atoms with Crippen LogP contribution in [0.1, 0.15) is 64.8 Å². The minimum atomic E-state index is -1.25. The van der Waals surface area contributed by atoms with Gasteiger partial charge in [0.25, 0.3) is 5.91 Å². The summed E-state index contributed by atoms with van der Waals surface area (Å²) >= 11 is 0. The van der Waals surface area contributed by atoms with Crippen LogP contribution in [0.15, 0.2) is 59.7 Å². The number of nitrogens with zero attached hydrogens (tertiary/aromatic N) is 2. The first kappa shape index (κ1) is 40.9. The number of aryl methyl sites for hydroxylation is 2. The molecular formula is C42H52N8O7. The summed E-state index contributed by atoms with van der Waals surface area (Å²) in [6, 6.07) is 13.3. The van der Waals surface area contributed by atoms with E-state index in [2.05, 4.69) is 26.5 Å². The number of nitrogens with two attached hydrogens (primary N) is 2. The summed E-state index contributed by atoms with van der Waals surface area (Å²) < 4.78 is 12.3. The van der Waals surface area contributed by atoms with E-state index in [0.29, 0.717) is 52.3 Å². The van der Waals surface area contributed by atoms with Gasteiger partial charge in [0, 0.05) is 42.7 Å². The SMILES string of the molecule is Cc1ccc(C(=O)NCC(=O)N(C)C2C(=O)N[C@@H](C)C(=O)NC(C3=NNC(=O)C4CCC4C3)Cc3ccc(OCCN)c(c3)-c3cc2ccc3OCCN)c(C)c1. The lowest BCUT2D eigenvalue weighted by Crippen LogP contribution is -2.53. The highest BCUT2D eigenvalue weighted by molar-refractivity contribution is 6.00. The molecule has 0 saturated heterocycles. The van der Waals surface area contributed by atoms with Crippen LogP contribution < -0.4 is 42.3 Å². The summed E-state index contributed by atoms with van der Waals surface area (Å²) in [5, 5.41) is 13.1. The molecule has 302 valence electrons. The zero-order valence-corrected chi connectivity index (χ0v) is 32.9. The van der Waals surface area contributed by atoms with Gasteiger partial charge < -0.3 is 41.8 Å². The molecule has 1 fully saturated rings. The molecule has 3 aromatic rings. The minimum absolute atomic E-state index is 0.112. The van der Waals surface area contributed by atoms with Gasteiger partial charge >= 0.3 is 0 Å². The van der Waals surface area contributed by atoms with Crippen molar-refractivity contribution in [1.82, 2.24) is 26.3 Å². The largest absolute Gasteiger partial charge is 0.492 e. The van der Waals surface area contributed by atoms with E-state index in [1.165, 1.54) is 11.9 Å². The average Bonchev–Trinajstić information content (AvgIpc) is 3.28. The quantitative estimate of drug-likeness (QED) is 0.168. The molecule has 0 spiro atoms. The molecule has 5 atom stereocenters. The number of hydrogen-bond donors (Lipinski definition) is 6. The summed E-state index contributed by atoms with van der Waals surface area (Å²) in [6.07, 6.45) is 2.51. The molecule has 15 heteroatoms. The smallest absolute Gasteiger partial charge is 0.251 e. The molecule has 4 bridgehead atoms. The van der Waals surface area contributed by atoms with Crippen LogP contribution in [0.25, 0.3) is 11.1 Å². The fourth-order valence-electron chi connectivity index (χ4n) is 7.62. The number of benzene rings is 3. The maximum absolute atomic E-state index is 14.4. The Morgan fingerprint density at radius 1 is 0.860 bits per heavy atom. The fourth-order valence-corrected chi connectivity index (χ4v) is 7.62. The summed E-state index contributed by atoms with van der Waals surface area (Å²) in [7, 11) is 1.47. The third-order valence-corrected chi connectivity index (χ3v) is 10.9. The van der Waals surface area contributed by atoms with Crippen molar-refractivity contribution >= 4 is 35.2 Å². The number of amides is 5. The normalized spacial score (nSPS) is 21.8. The lowest BCUT2D eigenvalue weighted by atomic mass is 9.70. The van der Waals surface area contributed by atoms with E-state index < -0.39 is 48.3 Å². The summed E-state index contributed by atoms with van der Waals surface area (Å²) in [4.78, 5) is 69.3. The molecule has 1 saturated carbocycles. The monoisotopic (exact) mass is 780 g/mol. The summed E-state index contributed by atoms with van der Waals surface area (Å²) in [5.74, 6) is -1.26. The first-order valence-electron chi connectivity index (χ1n) is 19.4. The number of ether oxygens (including phenoxy) is 2. The van der Waals surface area contributed by atoms with E-state index in [9.17, 15) is 24.0 Å². The predicted molar refractivity (Wildman–Crippen MR) is 214 cm³/mol. The first-order chi connectivity index (χ1) is 27.4.